The molecule has 0 unspecified atom stereocenters. The zero-order valence-corrected chi connectivity index (χ0v) is 8.56. The van der Waals surface area contributed by atoms with Crippen molar-refractivity contribution in [2.45, 2.75) is 19.3 Å². The number of hydrogen-bond donors (Lipinski definition) is 1. The van der Waals surface area contributed by atoms with Crippen LogP contribution in [-0.2, 0) is 16.0 Å². The number of pyridine rings is 1. The standard InChI is InChI=1S/C11H15NO3/c13-11(14)9-15-7-2-1-4-10-5-3-6-12-8-10/h3,5-6,8H,1-2,4,7,9H2,(H,13,14). The van der Waals surface area contributed by atoms with Crippen LogP contribution in [0.15, 0.2) is 24.5 Å². The zero-order chi connectivity index (χ0) is 10.9. The molecule has 0 aliphatic carbocycles. The molecule has 1 rings (SSSR count). The number of unbranched alkanes of at least 4 members (excludes halogenated alkanes) is 1. The number of aromatic nitrogens is 1. The lowest BCUT2D eigenvalue weighted by molar-refractivity contribution is -0.142. The molecule has 0 aromatic carbocycles. The van der Waals surface area contributed by atoms with Crippen molar-refractivity contribution in [1.29, 1.82) is 0 Å². The number of ether oxygens (including phenoxy) is 1. The van der Waals surface area contributed by atoms with Gasteiger partial charge in [0.2, 0.25) is 0 Å². The van der Waals surface area contributed by atoms with E-state index < -0.39 is 5.97 Å². The molecule has 0 saturated carbocycles. The lowest BCUT2D eigenvalue weighted by Gasteiger charge is -2.01. The maximum Gasteiger partial charge on any atom is 0.329 e. The molecule has 0 radical (unpaired) electrons. The van der Waals surface area contributed by atoms with E-state index in [1.165, 1.54) is 5.56 Å². The number of carbonyl (C=O) groups is 1. The fourth-order valence-corrected chi connectivity index (χ4v) is 1.24. The van der Waals surface area contributed by atoms with Crippen LogP contribution in [0.25, 0.3) is 0 Å². The number of nitrogens with zero attached hydrogens (tertiary/aromatic N) is 1. The zero-order valence-electron chi connectivity index (χ0n) is 8.56. The summed E-state index contributed by atoms with van der Waals surface area (Å²) in [5, 5.41) is 8.31. The number of carboxylic acid groups (broad SMARTS) is 1. The molecular weight excluding hydrogens is 194 g/mol. The molecule has 1 aromatic heterocycles. The molecule has 0 spiro atoms. The van der Waals surface area contributed by atoms with Crippen LogP contribution >= 0.6 is 0 Å². The second-order valence-corrected chi connectivity index (χ2v) is 3.26. The summed E-state index contributed by atoms with van der Waals surface area (Å²) in [6.45, 7) is 0.305. The van der Waals surface area contributed by atoms with E-state index in [2.05, 4.69) is 4.98 Å². The van der Waals surface area contributed by atoms with E-state index in [9.17, 15) is 4.79 Å². The molecule has 15 heavy (non-hydrogen) atoms. The molecule has 1 aromatic rings. The monoisotopic (exact) mass is 209 g/mol. The first kappa shape index (κ1) is 11.7. The van der Waals surface area contributed by atoms with Crippen molar-refractivity contribution in [2.24, 2.45) is 0 Å². The normalized spacial score (nSPS) is 10.1. The number of aliphatic carboxylic acids is 1. The predicted molar refractivity (Wildman–Crippen MR) is 55.6 cm³/mol. The Kier molecular flexibility index (Phi) is 5.40. The molecule has 4 nitrogen and oxygen atoms in total. The summed E-state index contributed by atoms with van der Waals surface area (Å²) in [6, 6.07) is 3.95. The highest BCUT2D eigenvalue weighted by atomic mass is 16.5. The molecular formula is C11H15NO3. The van der Waals surface area contributed by atoms with Gasteiger partial charge in [-0.3, -0.25) is 4.98 Å². The highest BCUT2D eigenvalue weighted by molar-refractivity contribution is 5.67. The van der Waals surface area contributed by atoms with Crippen molar-refractivity contribution in [3.05, 3.63) is 30.1 Å². The van der Waals surface area contributed by atoms with Crippen LogP contribution in [0.1, 0.15) is 18.4 Å². The van der Waals surface area contributed by atoms with Crippen molar-refractivity contribution < 1.29 is 14.6 Å². The predicted octanol–water partition coefficient (Wildman–Crippen LogP) is 1.51. The average Bonchev–Trinajstić information content (AvgIpc) is 2.24. The molecule has 82 valence electrons. The summed E-state index contributed by atoms with van der Waals surface area (Å²) in [5.74, 6) is -0.915. The quantitative estimate of drug-likeness (QED) is 0.691. The molecule has 4 heteroatoms. The third kappa shape index (κ3) is 5.80. The third-order valence-electron chi connectivity index (χ3n) is 1.95. The first-order chi connectivity index (χ1) is 7.29. The van der Waals surface area contributed by atoms with Crippen LogP contribution in [0, 0.1) is 0 Å². The number of hydrogen-bond acceptors (Lipinski definition) is 3. The van der Waals surface area contributed by atoms with Gasteiger partial charge in [-0.15, -0.1) is 0 Å². The third-order valence-corrected chi connectivity index (χ3v) is 1.95. The minimum Gasteiger partial charge on any atom is -0.480 e. The summed E-state index contributed by atoms with van der Waals surface area (Å²) < 4.78 is 4.92. The molecule has 0 bridgehead atoms. The highest BCUT2D eigenvalue weighted by Crippen LogP contribution is 2.02. The summed E-state index contributed by atoms with van der Waals surface area (Å²) in [7, 11) is 0. The Balaban J connectivity index is 2.00. The Morgan fingerprint density at radius 3 is 3.00 bits per heavy atom. The van der Waals surface area contributed by atoms with Gasteiger partial charge in [0.25, 0.3) is 0 Å². The minimum absolute atomic E-state index is 0.201. The Morgan fingerprint density at radius 1 is 1.47 bits per heavy atom. The topological polar surface area (TPSA) is 59.4 Å². The van der Waals surface area contributed by atoms with E-state index in [1.54, 1.807) is 6.20 Å². The fourth-order valence-electron chi connectivity index (χ4n) is 1.24. The van der Waals surface area contributed by atoms with E-state index in [1.807, 2.05) is 18.3 Å². The van der Waals surface area contributed by atoms with Crippen LogP contribution in [0.2, 0.25) is 0 Å². The van der Waals surface area contributed by atoms with Crippen molar-refractivity contribution in [3.8, 4) is 0 Å². The van der Waals surface area contributed by atoms with Gasteiger partial charge in [0.05, 0.1) is 0 Å². The summed E-state index contributed by atoms with van der Waals surface area (Å²) in [4.78, 5) is 14.1. The summed E-state index contributed by atoms with van der Waals surface area (Å²) in [5.41, 5.74) is 1.20. The highest BCUT2D eigenvalue weighted by Gasteiger charge is 1.96. The Labute approximate surface area is 88.9 Å². The van der Waals surface area contributed by atoms with Gasteiger partial charge in [-0.2, -0.15) is 0 Å². The van der Waals surface area contributed by atoms with Crippen LogP contribution < -0.4 is 0 Å². The van der Waals surface area contributed by atoms with Crippen LogP contribution in [0.5, 0.6) is 0 Å². The SMILES string of the molecule is O=C(O)COCCCCc1cccnc1. The molecule has 0 saturated heterocycles. The lowest BCUT2D eigenvalue weighted by atomic mass is 10.1. The van der Waals surface area contributed by atoms with Crippen molar-refractivity contribution >= 4 is 5.97 Å². The first-order valence-corrected chi connectivity index (χ1v) is 4.97. The Hall–Kier alpha value is -1.42. The fraction of sp³-hybridized carbons (Fsp3) is 0.455. The van der Waals surface area contributed by atoms with E-state index in [0.717, 1.165) is 19.3 Å². The van der Waals surface area contributed by atoms with Gasteiger partial charge in [-0.25, -0.2) is 4.79 Å². The molecule has 0 fully saturated rings. The second kappa shape index (κ2) is 6.95. The molecule has 1 N–H and O–H groups in total. The number of aryl methyl sites for hydroxylation is 1. The summed E-state index contributed by atoms with van der Waals surface area (Å²) >= 11 is 0. The average molecular weight is 209 g/mol. The first-order valence-electron chi connectivity index (χ1n) is 4.97. The van der Waals surface area contributed by atoms with E-state index in [0.29, 0.717) is 6.61 Å². The van der Waals surface area contributed by atoms with Crippen molar-refractivity contribution in [1.82, 2.24) is 4.98 Å². The van der Waals surface area contributed by atoms with Crippen molar-refractivity contribution in [2.75, 3.05) is 13.2 Å². The van der Waals surface area contributed by atoms with E-state index in [4.69, 9.17) is 9.84 Å². The van der Waals surface area contributed by atoms with Gasteiger partial charge in [0.15, 0.2) is 0 Å². The minimum atomic E-state index is -0.915. The van der Waals surface area contributed by atoms with Gasteiger partial charge in [0.1, 0.15) is 6.61 Å². The smallest absolute Gasteiger partial charge is 0.329 e. The van der Waals surface area contributed by atoms with Gasteiger partial charge < -0.3 is 9.84 Å². The van der Waals surface area contributed by atoms with E-state index >= 15 is 0 Å². The molecule has 0 aliphatic heterocycles. The Bertz CT molecular complexity index is 287. The second-order valence-electron chi connectivity index (χ2n) is 3.26. The van der Waals surface area contributed by atoms with Gasteiger partial charge in [-0.1, -0.05) is 6.07 Å². The van der Waals surface area contributed by atoms with Gasteiger partial charge in [0, 0.05) is 19.0 Å². The maximum absolute atomic E-state index is 10.1. The Morgan fingerprint density at radius 2 is 2.33 bits per heavy atom. The molecule has 0 aliphatic rings. The lowest BCUT2D eigenvalue weighted by Crippen LogP contribution is -2.07. The van der Waals surface area contributed by atoms with Crippen molar-refractivity contribution in [3.63, 3.8) is 0 Å². The van der Waals surface area contributed by atoms with Gasteiger partial charge >= 0.3 is 5.97 Å². The number of carboxylic acids is 1. The van der Waals surface area contributed by atoms with Crippen LogP contribution in [-0.4, -0.2) is 29.3 Å². The molecule has 0 amide bonds. The largest absolute Gasteiger partial charge is 0.480 e. The molecule has 1 heterocycles. The van der Waals surface area contributed by atoms with Crippen LogP contribution in [0.4, 0.5) is 0 Å². The maximum atomic E-state index is 10.1. The summed E-state index contributed by atoms with van der Waals surface area (Å²) in [6.07, 6.45) is 6.43. The van der Waals surface area contributed by atoms with Gasteiger partial charge in [-0.05, 0) is 30.9 Å². The van der Waals surface area contributed by atoms with Crippen LogP contribution in [0.3, 0.4) is 0 Å². The number of rotatable bonds is 7. The molecule has 0 atom stereocenters. The van der Waals surface area contributed by atoms with E-state index in [-0.39, 0.29) is 6.61 Å².